The number of Topliss-reactive ketones (excluding diaryl/α,β-unsaturated/α-hetero) is 1. The Morgan fingerprint density at radius 3 is 2.82 bits per heavy atom. The van der Waals surface area contributed by atoms with Gasteiger partial charge in [0.15, 0.2) is 0 Å². The van der Waals surface area contributed by atoms with Crippen LogP contribution in [-0.2, 0) is 14.3 Å². The molecule has 0 aromatic heterocycles. The van der Waals surface area contributed by atoms with E-state index in [-0.39, 0.29) is 17.7 Å². The van der Waals surface area contributed by atoms with Crippen molar-refractivity contribution < 1.29 is 14.3 Å². The monoisotopic (exact) mass is 240 g/mol. The van der Waals surface area contributed by atoms with E-state index in [0.717, 1.165) is 12.8 Å². The highest BCUT2D eigenvalue weighted by Gasteiger charge is 2.33. The Kier molecular flexibility index (Phi) is 4.12. The summed E-state index contributed by atoms with van der Waals surface area (Å²) in [6.07, 6.45) is 2.68. The molecule has 1 aliphatic heterocycles. The number of carbonyl (C=O) groups excluding carboxylic acids is 2. The molecule has 1 heterocycles. The summed E-state index contributed by atoms with van der Waals surface area (Å²) in [4.78, 5) is 25.4. The number of ether oxygens (including phenoxy) is 1. The predicted molar refractivity (Wildman–Crippen MR) is 62.6 cm³/mol. The number of amides is 1. The lowest BCUT2D eigenvalue weighted by Gasteiger charge is -2.33. The quantitative estimate of drug-likeness (QED) is 0.731. The first-order chi connectivity index (χ1) is 8.20. The van der Waals surface area contributed by atoms with Gasteiger partial charge in [-0.05, 0) is 12.8 Å². The lowest BCUT2D eigenvalue weighted by atomic mass is 10.2. The zero-order valence-electron chi connectivity index (χ0n) is 10.3. The third-order valence-electron chi connectivity index (χ3n) is 3.24. The van der Waals surface area contributed by atoms with Crippen molar-refractivity contribution >= 4 is 11.7 Å². The Morgan fingerprint density at radius 2 is 2.18 bits per heavy atom. The zero-order chi connectivity index (χ0) is 12.3. The third-order valence-corrected chi connectivity index (χ3v) is 3.24. The largest absolute Gasteiger partial charge is 0.378 e. The summed E-state index contributed by atoms with van der Waals surface area (Å²) in [6.45, 7) is 3.87. The molecule has 1 N–H and O–H groups in total. The summed E-state index contributed by atoms with van der Waals surface area (Å²) in [5, 5.41) is 2.97. The van der Waals surface area contributed by atoms with Crippen LogP contribution < -0.4 is 5.32 Å². The number of rotatable bonds is 5. The second-order valence-corrected chi connectivity index (χ2v) is 4.74. The zero-order valence-corrected chi connectivity index (χ0v) is 10.3. The molecule has 0 spiro atoms. The van der Waals surface area contributed by atoms with E-state index in [2.05, 4.69) is 5.32 Å². The lowest BCUT2D eigenvalue weighted by molar-refractivity contribution is -0.134. The van der Waals surface area contributed by atoms with E-state index in [1.54, 1.807) is 0 Å². The van der Waals surface area contributed by atoms with E-state index >= 15 is 0 Å². The van der Waals surface area contributed by atoms with E-state index in [1.165, 1.54) is 0 Å². The van der Waals surface area contributed by atoms with Gasteiger partial charge >= 0.3 is 0 Å². The maximum Gasteiger partial charge on any atom is 0.239 e. The molecule has 0 bridgehead atoms. The van der Waals surface area contributed by atoms with Crippen molar-refractivity contribution in [2.75, 3.05) is 26.3 Å². The summed E-state index contributed by atoms with van der Waals surface area (Å²) in [7, 11) is 0. The molecule has 1 amide bonds. The number of nitrogens with zero attached hydrogens (tertiary/aromatic N) is 1. The topological polar surface area (TPSA) is 58.6 Å². The minimum atomic E-state index is -0.292. The standard InChI is InChI=1S/C12H20N2O3/c1-2-10(15)7-14-5-6-17-8-11(14)12(16)13-9-3-4-9/h9,11H,2-8H2,1H3,(H,13,16). The first-order valence-corrected chi connectivity index (χ1v) is 6.34. The first kappa shape index (κ1) is 12.5. The summed E-state index contributed by atoms with van der Waals surface area (Å²) >= 11 is 0. The molecule has 2 fully saturated rings. The molecule has 0 radical (unpaired) electrons. The van der Waals surface area contributed by atoms with E-state index in [1.807, 2.05) is 11.8 Å². The third kappa shape index (κ3) is 3.51. The van der Waals surface area contributed by atoms with E-state index in [4.69, 9.17) is 4.74 Å². The number of hydrogen-bond donors (Lipinski definition) is 1. The van der Waals surface area contributed by atoms with Crippen LogP contribution in [0, 0.1) is 0 Å². The second-order valence-electron chi connectivity index (χ2n) is 4.74. The minimum absolute atomic E-state index is 0.0103. The number of ketones is 1. The molecule has 2 rings (SSSR count). The highest BCUT2D eigenvalue weighted by Crippen LogP contribution is 2.19. The van der Waals surface area contributed by atoms with Crippen molar-refractivity contribution in [2.24, 2.45) is 0 Å². The summed E-state index contributed by atoms with van der Waals surface area (Å²) < 4.78 is 5.34. The Labute approximate surface area is 101 Å². The van der Waals surface area contributed by atoms with Gasteiger partial charge in [0.2, 0.25) is 5.91 Å². The van der Waals surface area contributed by atoms with Gasteiger partial charge in [0.1, 0.15) is 11.8 Å². The van der Waals surface area contributed by atoms with Gasteiger partial charge in [-0.2, -0.15) is 0 Å². The van der Waals surface area contributed by atoms with Gasteiger partial charge in [-0.3, -0.25) is 14.5 Å². The van der Waals surface area contributed by atoms with Crippen LogP contribution in [0.3, 0.4) is 0 Å². The van der Waals surface area contributed by atoms with Gasteiger partial charge in [-0.15, -0.1) is 0 Å². The van der Waals surface area contributed by atoms with E-state index in [0.29, 0.717) is 38.8 Å². The van der Waals surface area contributed by atoms with Crippen LogP contribution in [0.4, 0.5) is 0 Å². The molecule has 1 unspecified atom stereocenters. The van der Waals surface area contributed by atoms with Gasteiger partial charge in [-0.25, -0.2) is 0 Å². The van der Waals surface area contributed by atoms with Crippen LogP contribution in [0.5, 0.6) is 0 Å². The van der Waals surface area contributed by atoms with E-state index < -0.39 is 0 Å². The normalized spacial score (nSPS) is 25.6. The Hall–Kier alpha value is -0.940. The van der Waals surface area contributed by atoms with Gasteiger partial charge in [-0.1, -0.05) is 6.92 Å². The lowest BCUT2D eigenvalue weighted by Crippen LogP contribution is -2.55. The number of hydrogen-bond acceptors (Lipinski definition) is 4. The summed E-state index contributed by atoms with van der Waals surface area (Å²) in [6, 6.07) is 0.0630. The number of carbonyl (C=O) groups is 2. The number of morpholine rings is 1. The summed E-state index contributed by atoms with van der Waals surface area (Å²) in [5.74, 6) is 0.187. The van der Waals surface area contributed by atoms with Crippen LogP contribution in [-0.4, -0.2) is 55.0 Å². The maximum absolute atomic E-state index is 12.0. The van der Waals surface area contributed by atoms with E-state index in [9.17, 15) is 9.59 Å². The fourth-order valence-corrected chi connectivity index (χ4v) is 1.93. The summed E-state index contributed by atoms with van der Waals surface area (Å²) in [5.41, 5.74) is 0. The fraction of sp³-hybridized carbons (Fsp3) is 0.833. The van der Waals surface area contributed by atoms with Crippen molar-refractivity contribution in [1.82, 2.24) is 10.2 Å². The molecule has 1 atom stereocenters. The molecule has 17 heavy (non-hydrogen) atoms. The molecule has 5 nitrogen and oxygen atoms in total. The van der Waals surface area contributed by atoms with Crippen LogP contribution in [0.2, 0.25) is 0 Å². The van der Waals surface area contributed by atoms with Crippen LogP contribution >= 0.6 is 0 Å². The molecule has 0 aromatic rings. The first-order valence-electron chi connectivity index (χ1n) is 6.34. The van der Waals surface area contributed by atoms with Crippen molar-refractivity contribution in [1.29, 1.82) is 0 Å². The molecule has 5 heteroatoms. The van der Waals surface area contributed by atoms with Gasteiger partial charge in [0.25, 0.3) is 0 Å². The molecule has 2 aliphatic rings. The number of nitrogens with one attached hydrogen (secondary N) is 1. The highest BCUT2D eigenvalue weighted by molar-refractivity contribution is 5.84. The molecule has 96 valence electrons. The highest BCUT2D eigenvalue weighted by atomic mass is 16.5. The molecular weight excluding hydrogens is 220 g/mol. The van der Waals surface area contributed by atoms with Gasteiger partial charge in [0.05, 0.1) is 19.8 Å². The Balaban J connectivity index is 1.90. The van der Waals surface area contributed by atoms with Crippen LogP contribution in [0.15, 0.2) is 0 Å². The fourth-order valence-electron chi connectivity index (χ4n) is 1.93. The average Bonchev–Trinajstić information content (AvgIpc) is 3.13. The smallest absolute Gasteiger partial charge is 0.239 e. The molecule has 1 aliphatic carbocycles. The van der Waals surface area contributed by atoms with Gasteiger partial charge in [0, 0.05) is 19.0 Å². The maximum atomic E-state index is 12.0. The average molecular weight is 240 g/mol. The van der Waals surface area contributed by atoms with Crippen molar-refractivity contribution in [2.45, 2.75) is 38.3 Å². The van der Waals surface area contributed by atoms with Crippen molar-refractivity contribution in [3.05, 3.63) is 0 Å². The SMILES string of the molecule is CCC(=O)CN1CCOCC1C(=O)NC1CC1. The molecule has 0 aromatic carbocycles. The van der Waals surface area contributed by atoms with Gasteiger partial charge < -0.3 is 10.1 Å². The Morgan fingerprint density at radius 1 is 1.41 bits per heavy atom. The molecular formula is C12H20N2O3. The van der Waals surface area contributed by atoms with Crippen molar-refractivity contribution in [3.8, 4) is 0 Å². The van der Waals surface area contributed by atoms with Crippen molar-refractivity contribution in [3.63, 3.8) is 0 Å². The molecule has 1 saturated heterocycles. The second kappa shape index (κ2) is 5.60. The van der Waals surface area contributed by atoms with Crippen LogP contribution in [0.1, 0.15) is 26.2 Å². The minimum Gasteiger partial charge on any atom is -0.378 e. The Bertz CT molecular complexity index is 302. The molecule has 1 saturated carbocycles. The van der Waals surface area contributed by atoms with Crippen LogP contribution in [0.25, 0.3) is 0 Å². The predicted octanol–water partition coefficient (Wildman–Crippen LogP) is -0.0551.